The molecule has 25 heavy (non-hydrogen) atoms. The lowest BCUT2D eigenvalue weighted by Crippen LogP contribution is -2.33. The molecular weight excluding hydrogens is 338 g/mol. The van der Waals surface area contributed by atoms with Gasteiger partial charge in [0.15, 0.2) is 0 Å². The predicted molar refractivity (Wildman–Crippen MR) is 96.9 cm³/mol. The number of amides is 1. The molecular formula is C18H27N3O3S. The van der Waals surface area contributed by atoms with Crippen LogP contribution in [-0.4, -0.2) is 40.5 Å². The number of piperidine rings is 1. The molecule has 1 saturated carbocycles. The number of carbonyl (C=O) groups is 1. The van der Waals surface area contributed by atoms with E-state index in [1.54, 1.807) is 12.1 Å². The lowest BCUT2D eigenvalue weighted by atomic mass is 9.96. The fourth-order valence-corrected chi connectivity index (χ4v) is 4.26. The van der Waals surface area contributed by atoms with Crippen LogP contribution in [0, 0.1) is 11.8 Å². The van der Waals surface area contributed by atoms with E-state index in [9.17, 15) is 13.2 Å². The Kier molecular flexibility index (Phi) is 6.09. The summed E-state index contributed by atoms with van der Waals surface area (Å²) in [6.45, 7) is 3.19. The molecule has 0 bridgehead atoms. The maximum absolute atomic E-state index is 12.3. The first-order valence-electron chi connectivity index (χ1n) is 9.13. The first kappa shape index (κ1) is 18.4. The van der Waals surface area contributed by atoms with E-state index >= 15 is 0 Å². The van der Waals surface area contributed by atoms with E-state index < -0.39 is 10.0 Å². The average molecular weight is 365 g/mol. The molecule has 1 aliphatic heterocycles. The molecule has 0 spiro atoms. The quantitative estimate of drug-likeness (QED) is 0.651. The van der Waals surface area contributed by atoms with Gasteiger partial charge in [-0.2, -0.15) is 0 Å². The molecule has 3 N–H and O–H groups in total. The van der Waals surface area contributed by atoms with Gasteiger partial charge < -0.3 is 10.6 Å². The lowest BCUT2D eigenvalue weighted by Gasteiger charge is -2.22. The maximum atomic E-state index is 12.3. The fraction of sp³-hybridized carbons (Fsp3) is 0.611. The molecule has 1 amide bonds. The summed E-state index contributed by atoms with van der Waals surface area (Å²) in [7, 11) is -3.55. The van der Waals surface area contributed by atoms with E-state index in [4.69, 9.17) is 0 Å². The van der Waals surface area contributed by atoms with Crippen LogP contribution in [0.5, 0.6) is 0 Å². The summed E-state index contributed by atoms with van der Waals surface area (Å²) in [6.07, 6.45) is 5.50. The first-order chi connectivity index (χ1) is 12.0. The lowest BCUT2D eigenvalue weighted by molar-refractivity contribution is 0.0950. The van der Waals surface area contributed by atoms with Crippen LogP contribution in [0.15, 0.2) is 29.2 Å². The zero-order chi connectivity index (χ0) is 17.7. The van der Waals surface area contributed by atoms with Crippen molar-refractivity contribution >= 4 is 15.9 Å². The van der Waals surface area contributed by atoms with Crippen molar-refractivity contribution in [2.24, 2.45) is 11.8 Å². The molecule has 0 aromatic heterocycles. The highest BCUT2D eigenvalue weighted by atomic mass is 32.2. The highest BCUT2D eigenvalue weighted by molar-refractivity contribution is 7.89. The SMILES string of the molecule is O=C(NCCC1CCCNC1)c1cccc(S(=O)(=O)NCC2CC2)c1. The zero-order valence-corrected chi connectivity index (χ0v) is 15.3. The van der Waals surface area contributed by atoms with Crippen molar-refractivity contribution in [3.63, 3.8) is 0 Å². The Morgan fingerprint density at radius 1 is 1.20 bits per heavy atom. The molecule has 1 saturated heterocycles. The van der Waals surface area contributed by atoms with Gasteiger partial charge in [-0.05, 0) is 75.2 Å². The second kappa shape index (κ2) is 8.29. The summed E-state index contributed by atoms with van der Waals surface area (Å²) in [5.74, 6) is 0.853. The molecule has 1 aliphatic carbocycles. The number of carbonyl (C=O) groups excluding carboxylic acids is 1. The van der Waals surface area contributed by atoms with E-state index in [-0.39, 0.29) is 10.8 Å². The van der Waals surface area contributed by atoms with Crippen LogP contribution in [0.4, 0.5) is 0 Å². The highest BCUT2D eigenvalue weighted by Crippen LogP contribution is 2.28. The van der Waals surface area contributed by atoms with E-state index in [1.165, 1.54) is 25.0 Å². The Balaban J connectivity index is 1.53. The monoisotopic (exact) mass is 365 g/mol. The molecule has 1 aromatic carbocycles. The van der Waals surface area contributed by atoms with Crippen LogP contribution in [0.2, 0.25) is 0 Å². The Morgan fingerprint density at radius 3 is 2.76 bits per heavy atom. The summed E-state index contributed by atoms with van der Waals surface area (Å²) < 4.78 is 27.2. The molecule has 2 aliphatic rings. The molecule has 2 fully saturated rings. The zero-order valence-electron chi connectivity index (χ0n) is 14.5. The van der Waals surface area contributed by atoms with E-state index in [2.05, 4.69) is 15.4 Å². The number of nitrogens with one attached hydrogen (secondary N) is 3. The molecule has 1 aromatic rings. The van der Waals surface area contributed by atoms with Crippen molar-refractivity contribution in [2.45, 2.75) is 37.0 Å². The van der Waals surface area contributed by atoms with Crippen molar-refractivity contribution < 1.29 is 13.2 Å². The van der Waals surface area contributed by atoms with Gasteiger partial charge in [-0.3, -0.25) is 4.79 Å². The van der Waals surface area contributed by atoms with Crippen LogP contribution in [0.25, 0.3) is 0 Å². The van der Waals surface area contributed by atoms with Gasteiger partial charge in [0.05, 0.1) is 4.90 Å². The van der Waals surface area contributed by atoms with Crippen LogP contribution < -0.4 is 15.4 Å². The Hall–Kier alpha value is -1.44. The average Bonchev–Trinajstić information content (AvgIpc) is 3.45. The number of hydrogen-bond donors (Lipinski definition) is 3. The number of hydrogen-bond acceptors (Lipinski definition) is 4. The van der Waals surface area contributed by atoms with Crippen molar-refractivity contribution in [1.82, 2.24) is 15.4 Å². The van der Waals surface area contributed by atoms with Gasteiger partial charge in [-0.1, -0.05) is 6.07 Å². The third kappa shape index (κ3) is 5.52. The molecule has 7 heteroatoms. The molecule has 1 atom stereocenters. The first-order valence-corrected chi connectivity index (χ1v) is 10.6. The van der Waals surface area contributed by atoms with Gasteiger partial charge in [0.1, 0.15) is 0 Å². The third-order valence-electron chi connectivity index (χ3n) is 4.90. The van der Waals surface area contributed by atoms with Crippen molar-refractivity contribution in [3.8, 4) is 0 Å². The number of benzene rings is 1. The van der Waals surface area contributed by atoms with Gasteiger partial charge in [0.2, 0.25) is 10.0 Å². The Morgan fingerprint density at radius 2 is 2.04 bits per heavy atom. The second-order valence-corrected chi connectivity index (χ2v) is 8.85. The van der Waals surface area contributed by atoms with Crippen LogP contribution >= 0.6 is 0 Å². The molecule has 138 valence electrons. The summed E-state index contributed by atoms with van der Waals surface area (Å²) in [5.41, 5.74) is 0.385. The standard InChI is InChI=1S/C18H27N3O3S/c22-18(20-10-8-14-3-2-9-19-12-14)16-4-1-5-17(11-16)25(23,24)21-13-15-6-7-15/h1,4-5,11,14-15,19,21H,2-3,6-10,12-13H2,(H,20,22). The number of rotatable bonds is 8. The van der Waals surface area contributed by atoms with E-state index in [0.717, 1.165) is 32.4 Å². The summed E-state index contributed by atoms with van der Waals surface area (Å²) in [4.78, 5) is 12.4. The Labute approximate surface area is 149 Å². The fourth-order valence-electron chi connectivity index (χ4n) is 3.10. The summed E-state index contributed by atoms with van der Waals surface area (Å²) in [6, 6.07) is 6.25. The number of sulfonamides is 1. The minimum absolute atomic E-state index is 0.150. The predicted octanol–water partition coefficient (Wildman–Crippen LogP) is 1.49. The van der Waals surface area contributed by atoms with Gasteiger partial charge >= 0.3 is 0 Å². The van der Waals surface area contributed by atoms with E-state index in [1.807, 2.05) is 0 Å². The van der Waals surface area contributed by atoms with Crippen LogP contribution in [0.1, 0.15) is 42.5 Å². The van der Waals surface area contributed by atoms with Gasteiger partial charge in [-0.15, -0.1) is 0 Å². The summed E-state index contributed by atoms with van der Waals surface area (Å²) in [5, 5.41) is 6.27. The van der Waals surface area contributed by atoms with Crippen molar-refractivity contribution in [3.05, 3.63) is 29.8 Å². The smallest absolute Gasteiger partial charge is 0.251 e. The molecule has 1 heterocycles. The third-order valence-corrected chi connectivity index (χ3v) is 6.32. The normalized spacial score (nSPS) is 21.0. The molecule has 3 rings (SSSR count). The topological polar surface area (TPSA) is 87.3 Å². The van der Waals surface area contributed by atoms with Crippen molar-refractivity contribution in [2.75, 3.05) is 26.2 Å². The molecule has 6 nitrogen and oxygen atoms in total. The summed E-state index contributed by atoms with van der Waals surface area (Å²) >= 11 is 0. The minimum atomic E-state index is -3.55. The van der Waals surface area contributed by atoms with Gasteiger partial charge in [0, 0.05) is 18.7 Å². The largest absolute Gasteiger partial charge is 0.352 e. The van der Waals surface area contributed by atoms with Crippen molar-refractivity contribution in [1.29, 1.82) is 0 Å². The molecule has 0 radical (unpaired) electrons. The van der Waals surface area contributed by atoms with E-state index in [0.29, 0.717) is 30.5 Å². The molecule has 1 unspecified atom stereocenters. The minimum Gasteiger partial charge on any atom is -0.352 e. The second-order valence-electron chi connectivity index (χ2n) is 7.08. The van der Waals surface area contributed by atoms with Gasteiger partial charge in [-0.25, -0.2) is 13.1 Å². The maximum Gasteiger partial charge on any atom is 0.251 e. The van der Waals surface area contributed by atoms with Gasteiger partial charge in [0.25, 0.3) is 5.91 Å². The highest BCUT2D eigenvalue weighted by Gasteiger charge is 2.24. The Bertz CT molecular complexity index is 695. The van der Waals surface area contributed by atoms with Crippen LogP contribution in [0.3, 0.4) is 0 Å². The van der Waals surface area contributed by atoms with Crippen LogP contribution in [-0.2, 0) is 10.0 Å².